The van der Waals surface area contributed by atoms with Gasteiger partial charge in [0.25, 0.3) is 11.8 Å². The zero-order chi connectivity index (χ0) is 18.3. The van der Waals surface area contributed by atoms with Crippen LogP contribution >= 0.6 is 11.3 Å². The molecule has 0 aromatic carbocycles. The number of aryl methyl sites for hydroxylation is 1. The van der Waals surface area contributed by atoms with Gasteiger partial charge in [-0.1, -0.05) is 0 Å². The van der Waals surface area contributed by atoms with Gasteiger partial charge < -0.3 is 15.1 Å². The monoisotopic (exact) mass is 367 g/mol. The van der Waals surface area contributed by atoms with Crippen LogP contribution in [-0.4, -0.2) is 36.2 Å². The lowest BCUT2D eigenvalue weighted by atomic mass is 10.2. The number of nitrogens with zero attached hydrogens (tertiary/aromatic N) is 4. The van der Waals surface area contributed by atoms with Gasteiger partial charge >= 0.3 is 0 Å². The summed E-state index contributed by atoms with van der Waals surface area (Å²) in [5.41, 5.74) is 8.35. The van der Waals surface area contributed by atoms with Crippen LogP contribution in [0.1, 0.15) is 26.7 Å². The molecular weight excluding hydrogens is 354 g/mol. The van der Waals surface area contributed by atoms with Crippen molar-refractivity contribution >= 4 is 33.9 Å². The van der Waals surface area contributed by atoms with E-state index in [9.17, 15) is 9.59 Å². The Balaban J connectivity index is 1.58. The lowest BCUT2D eigenvalue weighted by Crippen LogP contribution is -2.15. The van der Waals surface area contributed by atoms with Crippen LogP contribution in [0, 0.1) is 6.92 Å². The number of amides is 2. The summed E-state index contributed by atoms with van der Waals surface area (Å²) in [7, 11) is 0. The van der Waals surface area contributed by atoms with Gasteiger partial charge in [0.1, 0.15) is 5.69 Å². The van der Waals surface area contributed by atoms with E-state index in [4.69, 9.17) is 5.73 Å². The molecular formula is C16H13N7O2S. The highest BCUT2D eigenvalue weighted by molar-refractivity contribution is 7.14. The van der Waals surface area contributed by atoms with E-state index in [1.54, 1.807) is 34.4 Å². The van der Waals surface area contributed by atoms with Crippen LogP contribution in [0.15, 0.2) is 36.2 Å². The SMILES string of the molecule is Cc1cn2ccnc(C(=O)Nc3nc(-c4c[nH]c(C(N)=O)c4)cs3)c2n1. The van der Waals surface area contributed by atoms with E-state index in [1.165, 1.54) is 11.3 Å². The number of nitrogens with two attached hydrogens (primary N) is 1. The van der Waals surface area contributed by atoms with Gasteiger partial charge in [-0.15, -0.1) is 11.3 Å². The van der Waals surface area contributed by atoms with E-state index < -0.39 is 11.8 Å². The third kappa shape index (κ3) is 2.82. The third-order valence-electron chi connectivity index (χ3n) is 3.68. The van der Waals surface area contributed by atoms with E-state index in [2.05, 4.69) is 25.3 Å². The summed E-state index contributed by atoms with van der Waals surface area (Å²) in [4.78, 5) is 39.3. The molecule has 0 aliphatic rings. The number of carbonyl (C=O) groups is 2. The fraction of sp³-hybridized carbons (Fsp3) is 0.0625. The Kier molecular flexibility index (Phi) is 3.73. The molecule has 130 valence electrons. The summed E-state index contributed by atoms with van der Waals surface area (Å²) in [6.07, 6.45) is 6.73. The first-order valence-electron chi connectivity index (χ1n) is 7.57. The minimum Gasteiger partial charge on any atom is -0.364 e. The lowest BCUT2D eigenvalue weighted by molar-refractivity contribution is 0.0993. The number of fused-ring (bicyclic) bond motifs is 1. The van der Waals surface area contributed by atoms with Crippen LogP contribution in [0.25, 0.3) is 16.9 Å². The molecule has 4 rings (SSSR count). The van der Waals surface area contributed by atoms with E-state index in [-0.39, 0.29) is 5.69 Å². The summed E-state index contributed by atoms with van der Waals surface area (Å²) in [5, 5.41) is 4.92. The Morgan fingerprint density at radius 2 is 2.19 bits per heavy atom. The summed E-state index contributed by atoms with van der Waals surface area (Å²) in [5.74, 6) is -0.942. The van der Waals surface area contributed by atoms with Gasteiger partial charge in [-0.25, -0.2) is 15.0 Å². The summed E-state index contributed by atoms with van der Waals surface area (Å²) >= 11 is 1.27. The average molecular weight is 367 g/mol. The Bertz CT molecular complexity index is 1140. The van der Waals surface area contributed by atoms with Gasteiger partial charge in [0.05, 0.1) is 11.4 Å². The number of rotatable bonds is 4. The van der Waals surface area contributed by atoms with Gasteiger partial charge in [0.15, 0.2) is 16.5 Å². The second kappa shape index (κ2) is 6.08. The number of carbonyl (C=O) groups excluding carboxylic acids is 2. The number of nitrogens with one attached hydrogen (secondary N) is 2. The normalized spacial score (nSPS) is 11.0. The maximum Gasteiger partial charge on any atom is 0.279 e. The number of primary amides is 1. The molecule has 0 unspecified atom stereocenters. The van der Waals surface area contributed by atoms with Gasteiger partial charge in [0, 0.05) is 35.7 Å². The molecule has 2 amide bonds. The first-order valence-corrected chi connectivity index (χ1v) is 8.45. The van der Waals surface area contributed by atoms with Crippen molar-refractivity contribution in [3.05, 3.63) is 53.3 Å². The maximum atomic E-state index is 12.5. The number of aromatic nitrogens is 5. The predicted molar refractivity (Wildman–Crippen MR) is 96.1 cm³/mol. The molecule has 0 radical (unpaired) electrons. The molecule has 26 heavy (non-hydrogen) atoms. The van der Waals surface area contributed by atoms with Crippen molar-refractivity contribution in [2.75, 3.05) is 5.32 Å². The quantitative estimate of drug-likeness (QED) is 0.506. The molecule has 0 fully saturated rings. The number of hydrogen-bond acceptors (Lipinski definition) is 6. The van der Waals surface area contributed by atoms with Crippen LogP contribution in [0.3, 0.4) is 0 Å². The smallest absolute Gasteiger partial charge is 0.279 e. The van der Waals surface area contributed by atoms with E-state index in [1.807, 2.05) is 13.1 Å². The minimum atomic E-state index is -0.547. The van der Waals surface area contributed by atoms with Crippen molar-refractivity contribution in [2.45, 2.75) is 6.92 Å². The second-order valence-corrected chi connectivity index (χ2v) is 6.41. The number of anilines is 1. The molecule has 0 spiro atoms. The first kappa shape index (κ1) is 16.0. The highest BCUT2D eigenvalue weighted by atomic mass is 32.1. The lowest BCUT2D eigenvalue weighted by Gasteiger charge is -2.02. The standard InChI is InChI=1S/C16H13N7O2S/c1-8-6-23-3-2-18-12(14(23)20-8)15(25)22-16-21-11(7-26-16)9-4-10(13(17)24)19-5-9/h2-7,19H,1H3,(H2,17,24)(H,21,22,25). The number of thiazole rings is 1. The van der Waals surface area contributed by atoms with Crippen molar-refractivity contribution in [3.8, 4) is 11.3 Å². The Labute approximate surface area is 150 Å². The molecule has 4 N–H and O–H groups in total. The van der Waals surface area contributed by atoms with Crippen molar-refractivity contribution in [1.82, 2.24) is 24.3 Å². The van der Waals surface area contributed by atoms with Crippen molar-refractivity contribution in [1.29, 1.82) is 0 Å². The summed E-state index contributed by atoms with van der Waals surface area (Å²) < 4.78 is 1.75. The molecule has 4 aromatic heterocycles. The summed E-state index contributed by atoms with van der Waals surface area (Å²) in [6.45, 7) is 1.85. The minimum absolute atomic E-state index is 0.218. The Morgan fingerprint density at radius 1 is 1.35 bits per heavy atom. The third-order valence-corrected chi connectivity index (χ3v) is 4.44. The van der Waals surface area contributed by atoms with Crippen LogP contribution in [0.2, 0.25) is 0 Å². The van der Waals surface area contributed by atoms with Gasteiger partial charge in [-0.2, -0.15) is 0 Å². The molecule has 10 heteroatoms. The summed E-state index contributed by atoms with van der Waals surface area (Å²) in [6, 6.07) is 1.61. The molecule has 0 saturated heterocycles. The largest absolute Gasteiger partial charge is 0.364 e. The molecule has 0 aliphatic carbocycles. The zero-order valence-corrected chi connectivity index (χ0v) is 14.4. The van der Waals surface area contributed by atoms with E-state index in [0.29, 0.717) is 27.7 Å². The van der Waals surface area contributed by atoms with Gasteiger partial charge in [0.2, 0.25) is 0 Å². The first-order chi connectivity index (χ1) is 12.5. The molecule has 0 aliphatic heterocycles. The predicted octanol–water partition coefficient (Wildman–Crippen LogP) is 1.84. The van der Waals surface area contributed by atoms with Crippen LogP contribution in [0.4, 0.5) is 5.13 Å². The van der Waals surface area contributed by atoms with Crippen molar-refractivity contribution in [2.24, 2.45) is 5.73 Å². The highest BCUT2D eigenvalue weighted by Crippen LogP contribution is 2.26. The topological polar surface area (TPSA) is 131 Å². The Morgan fingerprint density at radius 3 is 2.96 bits per heavy atom. The average Bonchev–Trinajstić information content (AvgIpc) is 3.31. The highest BCUT2D eigenvalue weighted by Gasteiger charge is 2.16. The molecule has 9 nitrogen and oxygen atoms in total. The van der Waals surface area contributed by atoms with Crippen LogP contribution in [-0.2, 0) is 0 Å². The van der Waals surface area contributed by atoms with Crippen LogP contribution < -0.4 is 11.1 Å². The van der Waals surface area contributed by atoms with Crippen molar-refractivity contribution < 1.29 is 9.59 Å². The number of imidazole rings is 1. The van der Waals surface area contributed by atoms with E-state index >= 15 is 0 Å². The van der Waals surface area contributed by atoms with Crippen molar-refractivity contribution in [3.63, 3.8) is 0 Å². The fourth-order valence-electron chi connectivity index (χ4n) is 2.51. The molecule has 0 atom stereocenters. The molecule has 0 saturated carbocycles. The molecule has 4 aromatic rings. The maximum absolute atomic E-state index is 12.5. The number of hydrogen-bond donors (Lipinski definition) is 3. The molecule has 0 bridgehead atoms. The molecule has 4 heterocycles. The fourth-order valence-corrected chi connectivity index (χ4v) is 3.22. The number of H-pyrrole nitrogens is 1. The number of aromatic amines is 1. The zero-order valence-electron chi connectivity index (χ0n) is 13.6. The van der Waals surface area contributed by atoms with E-state index in [0.717, 1.165) is 5.69 Å². The second-order valence-electron chi connectivity index (χ2n) is 5.55. The van der Waals surface area contributed by atoms with Crippen LogP contribution in [0.5, 0.6) is 0 Å². The Hall–Kier alpha value is -3.53. The van der Waals surface area contributed by atoms with Gasteiger partial charge in [-0.05, 0) is 13.0 Å². The van der Waals surface area contributed by atoms with Gasteiger partial charge in [-0.3, -0.25) is 14.9 Å².